The van der Waals surface area contributed by atoms with Gasteiger partial charge in [0.15, 0.2) is 0 Å². The average molecular weight is 203 g/mol. The van der Waals surface area contributed by atoms with Crippen molar-refractivity contribution in [2.45, 2.75) is 19.4 Å². The lowest BCUT2D eigenvalue weighted by Gasteiger charge is -2.30. The summed E-state index contributed by atoms with van der Waals surface area (Å²) < 4.78 is 0. The van der Waals surface area contributed by atoms with Gasteiger partial charge in [-0.2, -0.15) is 0 Å². The largest absolute Gasteiger partial charge is 0.465 e. The molecule has 1 atom stereocenters. The highest BCUT2D eigenvalue weighted by atomic mass is 16.4. The van der Waals surface area contributed by atoms with Crippen molar-refractivity contribution in [2.75, 3.05) is 4.90 Å². The fourth-order valence-corrected chi connectivity index (χ4v) is 1.89. The molecule has 0 bridgehead atoms. The summed E-state index contributed by atoms with van der Waals surface area (Å²) in [6.07, 6.45) is 3.83. The van der Waals surface area contributed by atoms with E-state index in [1.807, 2.05) is 43.3 Å². The van der Waals surface area contributed by atoms with Crippen molar-refractivity contribution in [3.8, 4) is 0 Å². The molecular weight excluding hydrogens is 190 g/mol. The van der Waals surface area contributed by atoms with E-state index in [2.05, 4.69) is 0 Å². The van der Waals surface area contributed by atoms with Crippen molar-refractivity contribution in [2.24, 2.45) is 0 Å². The summed E-state index contributed by atoms with van der Waals surface area (Å²) in [5.74, 6) is 0. The zero-order valence-electron chi connectivity index (χ0n) is 8.55. The quantitative estimate of drug-likeness (QED) is 0.762. The first-order valence-electron chi connectivity index (χ1n) is 5.03. The topological polar surface area (TPSA) is 40.5 Å². The Morgan fingerprint density at radius 1 is 1.47 bits per heavy atom. The summed E-state index contributed by atoms with van der Waals surface area (Å²) in [6.45, 7) is 1.98. The molecule has 1 heterocycles. The smallest absolute Gasteiger partial charge is 0.412 e. The fraction of sp³-hybridized carbons (Fsp3) is 0.250. The van der Waals surface area contributed by atoms with E-state index in [1.165, 1.54) is 4.90 Å². The third kappa shape index (κ3) is 1.61. The Hall–Kier alpha value is -1.77. The van der Waals surface area contributed by atoms with Gasteiger partial charge in [-0.15, -0.1) is 0 Å². The molecule has 2 rings (SSSR count). The van der Waals surface area contributed by atoms with Gasteiger partial charge in [0.05, 0.1) is 11.7 Å². The molecule has 0 aromatic heterocycles. The minimum Gasteiger partial charge on any atom is -0.465 e. The number of carbonyl (C=O) groups is 1. The molecule has 1 aromatic carbocycles. The Labute approximate surface area is 88.6 Å². The highest BCUT2D eigenvalue weighted by Gasteiger charge is 2.25. The molecule has 0 saturated heterocycles. The van der Waals surface area contributed by atoms with Crippen LogP contribution in [-0.4, -0.2) is 17.2 Å². The van der Waals surface area contributed by atoms with Crippen LogP contribution in [0.5, 0.6) is 0 Å². The molecule has 0 spiro atoms. The molecule has 3 nitrogen and oxygen atoms in total. The summed E-state index contributed by atoms with van der Waals surface area (Å²) in [4.78, 5) is 12.6. The van der Waals surface area contributed by atoms with E-state index in [4.69, 9.17) is 0 Å². The monoisotopic (exact) mass is 203 g/mol. The molecule has 1 unspecified atom stereocenters. The van der Waals surface area contributed by atoms with Crippen molar-refractivity contribution in [1.82, 2.24) is 0 Å². The van der Waals surface area contributed by atoms with Gasteiger partial charge >= 0.3 is 6.09 Å². The van der Waals surface area contributed by atoms with Gasteiger partial charge in [0.1, 0.15) is 0 Å². The van der Waals surface area contributed by atoms with Crippen LogP contribution in [0.3, 0.4) is 0 Å². The second-order valence-corrected chi connectivity index (χ2v) is 3.55. The SMILES string of the molecule is CCC1C=Cc2ccccc2N1C(=O)O. The third-order valence-electron chi connectivity index (χ3n) is 2.65. The molecule has 1 amide bonds. The summed E-state index contributed by atoms with van der Waals surface area (Å²) in [7, 11) is 0. The maximum atomic E-state index is 11.2. The van der Waals surface area contributed by atoms with Gasteiger partial charge in [0.25, 0.3) is 0 Å². The van der Waals surface area contributed by atoms with Crippen LogP contribution in [0.15, 0.2) is 30.3 Å². The molecule has 1 aliphatic rings. The minimum atomic E-state index is -0.890. The number of para-hydroxylation sites is 1. The maximum Gasteiger partial charge on any atom is 0.412 e. The first kappa shape index (κ1) is 9.77. The lowest BCUT2D eigenvalue weighted by molar-refractivity contribution is 0.200. The predicted octanol–water partition coefficient (Wildman–Crippen LogP) is 2.98. The van der Waals surface area contributed by atoms with Crippen LogP contribution in [0, 0.1) is 0 Å². The van der Waals surface area contributed by atoms with E-state index < -0.39 is 6.09 Å². The number of rotatable bonds is 1. The van der Waals surface area contributed by atoms with Gasteiger partial charge in [-0.05, 0) is 18.1 Å². The van der Waals surface area contributed by atoms with E-state index in [0.29, 0.717) is 0 Å². The predicted molar refractivity (Wildman–Crippen MR) is 60.1 cm³/mol. The standard InChI is InChI=1S/C12H13NO2/c1-2-10-8-7-9-5-3-4-6-11(9)13(10)12(14)15/h3-8,10H,2H2,1H3,(H,14,15). The van der Waals surface area contributed by atoms with Gasteiger partial charge < -0.3 is 5.11 Å². The number of hydrogen-bond acceptors (Lipinski definition) is 1. The number of amides is 1. The Balaban J connectivity index is 2.49. The molecule has 0 radical (unpaired) electrons. The third-order valence-corrected chi connectivity index (χ3v) is 2.65. The molecule has 15 heavy (non-hydrogen) atoms. The first-order chi connectivity index (χ1) is 7.24. The van der Waals surface area contributed by atoms with Crippen molar-refractivity contribution in [3.63, 3.8) is 0 Å². The van der Waals surface area contributed by atoms with E-state index in [1.54, 1.807) is 0 Å². The summed E-state index contributed by atoms with van der Waals surface area (Å²) in [5, 5.41) is 9.18. The highest BCUT2D eigenvalue weighted by molar-refractivity contribution is 5.92. The summed E-state index contributed by atoms with van der Waals surface area (Å²) >= 11 is 0. The van der Waals surface area contributed by atoms with Crippen molar-refractivity contribution >= 4 is 17.9 Å². The molecule has 3 heteroatoms. The van der Waals surface area contributed by atoms with Crippen LogP contribution in [0.25, 0.3) is 6.08 Å². The van der Waals surface area contributed by atoms with Crippen molar-refractivity contribution in [3.05, 3.63) is 35.9 Å². The number of carboxylic acid groups (broad SMARTS) is 1. The van der Waals surface area contributed by atoms with Crippen LogP contribution in [-0.2, 0) is 0 Å². The minimum absolute atomic E-state index is 0.0441. The first-order valence-corrected chi connectivity index (χ1v) is 5.03. The number of fused-ring (bicyclic) bond motifs is 1. The highest BCUT2D eigenvalue weighted by Crippen LogP contribution is 2.29. The summed E-state index contributed by atoms with van der Waals surface area (Å²) in [5.41, 5.74) is 1.74. The van der Waals surface area contributed by atoms with Crippen LogP contribution in [0.2, 0.25) is 0 Å². The van der Waals surface area contributed by atoms with Gasteiger partial charge in [-0.3, -0.25) is 4.90 Å². The Morgan fingerprint density at radius 3 is 2.87 bits per heavy atom. The number of nitrogens with zero attached hydrogens (tertiary/aromatic N) is 1. The molecule has 0 saturated carbocycles. The van der Waals surface area contributed by atoms with Crippen molar-refractivity contribution in [1.29, 1.82) is 0 Å². The molecule has 0 fully saturated rings. The van der Waals surface area contributed by atoms with E-state index in [-0.39, 0.29) is 6.04 Å². The van der Waals surface area contributed by atoms with Crippen LogP contribution < -0.4 is 4.90 Å². The molecule has 0 aliphatic carbocycles. The fourth-order valence-electron chi connectivity index (χ4n) is 1.89. The van der Waals surface area contributed by atoms with Crippen molar-refractivity contribution < 1.29 is 9.90 Å². The average Bonchev–Trinajstić information content (AvgIpc) is 2.27. The van der Waals surface area contributed by atoms with E-state index in [0.717, 1.165) is 17.7 Å². The number of hydrogen-bond donors (Lipinski definition) is 1. The van der Waals surface area contributed by atoms with Gasteiger partial charge in [-0.1, -0.05) is 37.3 Å². The van der Waals surface area contributed by atoms with E-state index >= 15 is 0 Å². The number of benzene rings is 1. The Morgan fingerprint density at radius 2 is 2.20 bits per heavy atom. The zero-order chi connectivity index (χ0) is 10.8. The maximum absolute atomic E-state index is 11.2. The van der Waals surface area contributed by atoms with Gasteiger partial charge in [0.2, 0.25) is 0 Å². The summed E-state index contributed by atoms with van der Waals surface area (Å²) in [6, 6.07) is 7.50. The van der Waals surface area contributed by atoms with Gasteiger partial charge in [-0.25, -0.2) is 4.79 Å². The van der Waals surface area contributed by atoms with Crippen LogP contribution >= 0.6 is 0 Å². The second kappa shape index (κ2) is 3.77. The molecule has 78 valence electrons. The van der Waals surface area contributed by atoms with E-state index in [9.17, 15) is 9.90 Å². The Bertz CT molecular complexity index is 412. The zero-order valence-corrected chi connectivity index (χ0v) is 8.55. The molecular formula is C12H13NO2. The normalized spacial score (nSPS) is 18.7. The molecule has 1 N–H and O–H groups in total. The lowest BCUT2D eigenvalue weighted by Crippen LogP contribution is -2.39. The second-order valence-electron chi connectivity index (χ2n) is 3.55. The molecule has 1 aromatic rings. The Kier molecular flexibility index (Phi) is 2.46. The molecule has 1 aliphatic heterocycles. The van der Waals surface area contributed by atoms with Crippen LogP contribution in [0.1, 0.15) is 18.9 Å². The lowest BCUT2D eigenvalue weighted by atomic mass is 10.0. The number of anilines is 1. The van der Waals surface area contributed by atoms with Gasteiger partial charge in [0, 0.05) is 0 Å². The van der Waals surface area contributed by atoms with Crippen LogP contribution in [0.4, 0.5) is 10.5 Å².